The molecule has 27 heavy (non-hydrogen) atoms. The molecule has 0 radical (unpaired) electrons. The molecule has 0 unspecified atom stereocenters. The van der Waals surface area contributed by atoms with Crippen molar-refractivity contribution in [2.45, 2.75) is 45.6 Å². The second-order valence-electron chi connectivity index (χ2n) is 7.11. The van der Waals surface area contributed by atoms with Gasteiger partial charge in [-0.1, -0.05) is 12.1 Å². The SMILES string of the molecule is Cc1c(C(=O)OCCOC(C)C)[nH]c2c1C(=O)C[C@@H](c1ccc(F)cc1)C2. The van der Waals surface area contributed by atoms with E-state index in [4.69, 9.17) is 9.47 Å². The molecule has 0 saturated heterocycles. The number of benzene rings is 1. The molecule has 0 aliphatic heterocycles. The minimum absolute atomic E-state index is 0.0125. The van der Waals surface area contributed by atoms with Gasteiger partial charge >= 0.3 is 5.97 Å². The minimum Gasteiger partial charge on any atom is -0.459 e. The first-order valence-electron chi connectivity index (χ1n) is 9.15. The molecule has 0 bridgehead atoms. The highest BCUT2D eigenvalue weighted by Crippen LogP contribution is 2.35. The number of carbonyl (C=O) groups is 2. The molecule has 5 nitrogen and oxygen atoms in total. The molecule has 1 aliphatic rings. The lowest BCUT2D eigenvalue weighted by molar-refractivity contribution is 0.0172. The molecule has 1 N–H and O–H groups in total. The largest absolute Gasteiger partial charge is 0.459 e. The van der Waals surface area contributed by atoms with Crippen molar-refractivity contribution < 1.29 is 23.5 Å². The van der Waals surface area contributed by atoms with Gasteiger partial charge in [-0.15, -0.1) is 0 Å². The van der Waals surface area contributed by atoms with E-state index in [-0.39, 0.29) is 30.2 Å². The van der Waals surface area contributed by atoms with E-state index in [2.05, 4.69) is 4.98 Å². The highest BCUT2D eigenvalue weighted by Gasteiger charge is 2.32. The van der Waals surface area contributed by atoms with E-state index in [0.29, 0.717) is 36.3 Å². The summed E-state index contributed by atoms with van der Waals surface area (Å²) >= 11 is 0. The Morgan fingerprint density at radius 3 is 2.59 bits per heavy atom. The zero-order chi connectivity index (χ0) is 19.6. The first-order valence-corrected chi connectivity index (χ1v) is 9.15. The average Bonchev–Trinajstić information content (AvgIpc) is 2.96. The molecule has 2 aromatic rings. The van der Waals surface area contributed by atoms with Crippen molar-refractivity contribution in [3.8, 4) is 0 Å². The van der Waals surface area contributed by atoms with Gasteiger partial charge in [0, 0.05) is 17.7 Å². The number of hydrogen-bond acceptors (Lipinski definition) is 4. The van der Waals surface area contributed by atoms with Crippen LogP contribution in [0.5, 0.6) is 0 Å². The number of aromatic amines is 1. The number of rotatable bonds is 6. The van der Waals surface area contributed by atoms with Gasteiger partial charge in [0.05, 0.1) is 12.7 Å². The van der Waals surface area contributed by atoms with Crippen LogP contribution in [0.15, 0.2) is 24.3 Å². The molecule has 0 fully saturated rings. The molecule has 0 spiro atoms. The number of ketones is 1. The lowest BCUT2D eigenvalue weighted by atomic mass is 9.81. The summed E-state index contributed by atoms with van der Waals surface area (Å²) in [5, 5.41) is 0. The summed E-state index contributed by atoms with van der Waals surface area (Å²) in [5.41, 5.74) is 3.18. The molecule has 3 rings (SSSR count). The van der Waals surface area contributed by atoms with Crippen LogP contribution in [0.2, 0.25) is 0 Å². The third-order valence-corrected chi connectivity index (χ3v) is 4.80. The van der Waals surface area contributed by atoms with Crippen LogP contribution in [-0.4, -0.2) is 36.1 Å². The Morgan fingerprint density at radius 1 is 1.22 bits per heavy atom. The number of nitrogens with one attached hydrogen (secondary N) is 1. The van der Waals surface area contributed by atoms with Gasteiger partial charge in [-0.2, -0.15) is 0 Å². The first kappa shape index (κ1) is 19.3. The van der Waals surface area contributed by atoms with E-state index in [1.54, 1.807) is 19.1 Å². The summed E-state index contributed by atoms with van der Waals surface area (Å²) < 4.78 is 23.8. The monoisotopic (exact) mass is 373 g/mol. The number of fused-ring (bicyclic) bond motifs is 1. The fourth-order valence-corrected chi connectivity index (χ4v) is 3.50. The standard InChI is InChI=1S/C21H24FNO4/c1-12(2)26-8-9-27-21(25)20-13(3)19-17(23-20)10-15(11-18(19)24)14-4-6-16(22)7-5-14/h4-7,12,15,23H,8-11H2,1-3H3/t15-/m0/s1. The van der Waals surface area contributed by atoms with Crippen molar-refractivity contribution in [2.24, 2.45) is 0 Å². The summed E-state index contributed by atoms with van der Waals surface area (Å²) in [6.07, 6.45) is 1.01. The number of ether oxygens (including phenoxy) is 2. The summed E-state index contributed by atoms with van der Waals surface area (Å²) in [4.78, 5) is 28.1. The molecule has 6 heteroatoms. The lowest BCUT2D eigenvalue weighted by Crippen LogP contribution is -2.18. The Labute approximate surface area is 157 Å². The predicted octanol–water partition coefficient (Wildman–Crippen LogP) is 3.96. The zero-order valence-electron chi connectivity index (χ0n) is 15.8. The van der Waals surface area contributed by atoms with Gasteiger partial charge in [0.2, 0.25) is 0 Å². The third-order valence-electron chi connectivity index (χ3n) is 4.80. The number of carbonyl (C=O) groups excluding carboxylic acids is 2. The van der Waals surface area contributed by atoms with Crippen molar-refractivity contribution in [1.29, 1.82) is 0 Å². The van der Waals surface area contributed by atoms with Gasteiger partial charge in [-0.3, -0.25) is 4.79 Å². The van der Waals surface area contributed by atoms with Crippen LogP contribution in [0.1, 0.15) is 63.9 Å². The molecular weight excluding hydrogens is 349 g/mol. The normalized spacial score (nSPS) is 16.5. The summed E-state index contributed by atoms with van der Waals surface area (Å²) in [7, 11) is 0. The quantitative estimate of drug-likeness (QED) is 0.615. The first-order chi connectivity index (χ1) is 12.9. The predicted molar refractivity (Wildman–Crippen MR) is 98.7 cm³/mol. The van der Waals surface area contributed by atoms with Crippen molar-refractivity contribution in [3.63, 3.8) is 0 Å². The number of halogens is 1. The Balaban J connectivity index is 1.74. The second-order valence-corrected chi connectivity index (χ2v) is 7.11. The molecule has 1 aliphatic carbocycles. The van der Waals surface area contributed by atoms with Crippen molar-refractivity contribution in [3.05, 3.63) is 58.2 Å². The zero-order valence-corrected chi connectivity index (χ0v) is 15.8. The molecule has 1 aromatic carbocycles. The van der Waals surface area contributed by atoms with Crippen LogP contribution in [0, 0.1) is 12.7 Å². The van der Waals surface area contributed by atoms with Gasteiger partial charge in [0.1, 0.15) is 18.1 Å². The highest BCUT2D eigenvalue weighted by atomic mass is 19.1. The third kappa shape index (κ3) is 4.27. The van der Waals surface area contributed by atoms with E-state index < -0.39 is 5.97 Å². The molecule has 0 amide bonds. The number of esters is 1. The topological polar surface area (TPSA) is 68.4 Å². The summed E-state index contributed by atoms with van der Waals surface area (Å²) in [6, 6.07) is 6.21. The van der Waals surface area contributed by atoms with E-state index in [9.17, 15) is 14.0 Å². The van der Waals surface area contributed by atoms with E-state index in [1.807, 2.05) is 13.8 Å². The van der Waals surface area contributed by atoms with E-state index in [0.717, 1.165) is 11.3 Å². The van der Waals surface area contributed by atoms with Crippen LogP contribution in [0.25, 0.3) is 0 Å². The second kappa shape index (κ2) is 8.05. The van der Waals surface area contributed by atoms with Gasteiger partial charge in [0.25, 0.3) is 0 Å². The molecule has 1 atom stereocenters. The molecular formula is C21H24FNO4. The maximum Gasteiger partial charge on any atom is 0.355 e. The van der Waals surface area contributed by atoms with Crippen LogP contribution < -0.4 is 0 Å². The molecule has 1 aromatic heterocycles. The maximum absolute atomic E-state index is 13.2. The van der Waals surface area contributed by atoms with Gasteiger partial charge in [0.15, 0.2) is 5.78 Å². The van der Waals surface area contributed by atoms with Crippen molar-refractivity contribution >= 4 is 11.8 Å². The smallest absolute Gasteiger partial charge is 0.355 e. The fraction of sp³-hybridized carbons (Fsp3) is 0.429. The van der Waals surface area contributed by atoms with Gasteiger partial charge in [-0.05, 0) is 56.4 Å². The average molecular weight is 373 g/mol. The van der Waals surface area contributed by atoms with Crippen LogP contribution in [0.4, 0.5) is 4.39 Å². The molecule has 0 saturated carbocycles. The van der Waals surface area contributed by atoms with Crippen LogP contribution >= 0.6 is 0 Å². The van der Waals surface area contributed by atoms with Crippen molar-refractivity contribution in [1.82, 2.24) is 4.98 Å². The Hall–Kier alpha value is -2.47. The van der Waals surface area contributed by atoms with Crippen molar-refractivity contribution in [2.75, 3.05) is 13.2 Å². The number of hydrogen-bond donors (Lipinski definition) is 1. The Bertz CT molecular complexity index is 839. The van der Waals surface area contributed by atoms with Gasteiger partial charge in [-0.25, -0.2) is 9.18 Å². The Morgan fingerprint density at radius 2 is 1.93 bits per heavy atom. The van der Waals surface area contributed by atoms with Crippen LogP contribution in [0.3, 0.4) is 0 Å². The van der Waals surface area contributed by atoms with E-state index >= 15 is 0 Å². The summed E-state index contributed by atoms with van der Waals surface area (Å²) in [5.74, 6) is -0.836. The van der Waals surface area contributed by atoms with Crippen LogP contribution in [-0.2, 0) is 15.9 Å². The highest BCUT2D eigenvalue weighted by molar-refractivity contribution is 6.03. The molecule has 144 valence electrons. The summed E-state index contributed by atoms with van der Waals surface area (Å²) in [6.45, 7) is 6.07. The molecule has 1 heterocycles. The lowest BCUT2D eigenvalue weighted by Gasteiger charge is -2.22. The fourth-order valence-electron chi connectivity index (χ4n) is 3.50. The number of Topliss-reactive ketones (excluding diaryl/α,β-unsaturated/α-hetero) is 1. The number of H-pyrrole nitrogens is 1. The maximum atomic E-state index is 13.2. The van der Waals surface area contributed by atoms with Gasteiger partial charge < -0.3 is 14.5 Å². The minimum atomic E-state index is -0.486. The Kier molecular flexibility index (Phi) is 5.75. The van der Waals surface area contributed by atoms with E-state index in [1.165, 1.54) is 12.1 Å². The number of aromatic nitrogens is 1.